The van der Waals surface area contributed by atoms with Crippen LogP contribution in [0, 0.1) is 0 Å². The number of fused-ring (bicyclic) bond motifs is 1. The molecule has 0 saturated carbocycles. The van der Waals surface area contributed by atoms with Gasteiger partial charge in [0.1, 0.15) is 6.10 Å². The highest BCUT2D eigenvalue weighted by molar-refractivity contribution is 8.16. The van der Waals surface area contributed by atoms with Gasteiger partial charge in [-0.2, -0.15) is 4.99 Å². The molecule has 9 heteroatoms. The Kier molecular flexibility index (Phi) is 4.56. The SMILES string of the molecule is O=C(N=C1S[C@@H]2CS(=O)(=O)C[C@H]2N1c1ccccc1Cl)[C@H]1CCCO1. The predicted molar refractivity (Wildman–Crippen MR) is 99.2 cm³/mol. The number of nitrogens with zero attached hydrogens (tertiary/aromatic N) is 2. The van der Waals surface area contributed by atoms with E-state index >= 15 is 0 Å². The number of para-hydroxylation sites is 1. The number of sulfone groups is 1. The molecule has 0 radical (unpaired) electrons. The third-order valence-corrected chi connectivity index (χ3v) is 8.12. The maximum Gasteiger partial charge on any atom is 0.277 e. The molecule has 1 aromatic carbocycles. The number of thioether (sulfide) groups is 1. The molecule has 4 rings (SSSR count). The van der Waals surface area contributed by atoms with Gasteiger partial charge in [-0.3, -0.25) is 4.79 Å². The minimum atomic E-state index is -3.10. The van der Waals surface area contributed by atoms with Crippen molar-refractivity contribution in [1.29, 1.82) is 0 Å². The number of aliphatic imine (C=N–C) groups is 1. The molecular weight excluding hydrogens is 384 g/mol. The number of anilines is 1. The first-order chi connectivity index (χ1) is 11.9. The molecule has 134 valence electrons. The van der Waals surface area contributed by atoms with Crippen LogP contribution in [0.25, 0.3) is 0 Å². The van der Waals surface area contributed by atoms with Crippen molar-refractivity contribution in [3.63, 3.8) is 0 Å². The number of amidine groups is 1. The van der Waals surface area contributed by atoms with E-state index in [0.717, 1.165) is 6.42 Å². The molecule has 0 unspecified atom stereocenters. The molecule has 3 atom stereocenters. The second-order valence-electron chi connectivity index (χ2n) is 6.36. The molecular formula is C16H17ClN2O4S2. The smallest absolute Gasteiger partial charge is 0.277 e. The summed E-state index contributed by atoms with van der Waals surface area (Å²) in [6, 6.07) is 6.96. The number of amides is 1. The molecule has 0 spiro atoms. The fourth-order valence-electron chi connectivity index (χ4n) is 3.43. The third kappa shape index (κ3) is 3.32. The molecule has 25 heavy (non-hydrogen) atoms. The van der Waals surface area contributed by atoms with Gasteiger partial charge in [-0.05, 0) is 25.0 Å². The summed E-state index contributed by atoms with van der Waals surface area (Å²) in [4.78, 5) is 18.5. The van der Waals surface area contributed by atoms with Gasteiger partial charge in [-0.15, -0.1) is 0 Å². The minimum absolute atomic E-state index is 0.0447. The van der Waals surface area contributed by atoms with Crippen molar-refractivity contribution in [2.24, 2.45) is 4.99 Å². The molecule has 0 N–H and O–H groups in total. The zero-order chi connectivity index (χ0) is 17.6. The van der Waals surface area contributed by atoms with Crippen molar-refractivity contribution in [3.8, 4) is 0 Å². The highest BCUT2D eigenvalue weighted by Crippen LogP contribution is 2.43. The molecule has 3 aliphatic heterocycles. The van der Waals surface area contributed by atoms with Crippen LogP contribution in [0.15, 0.2) is 29.3 Å². The fraction of sp³-hybridized carbons (Fsp3) is 0.500. The summed E-state index contributed by atoms with van der Waals surface area (Å²) in [5, 5.41) is 0.876. The summed E-state index contributed by atoms with van der Waals surface area (Å²) < 4.78 is 29.5. The van der Waals surface area contributed by atoms with Crippen LogP contribution in [0.5, 0.6) is 0 Å². The quantitative estimate of drug-likeness (QED) is 0.756. The highest BCUT2D eigenvalue weighted by Gasteiger charge is 2.50. The number of benzene rings is 1. The number of carbonyl (C=O) groups excluding carboxylic acids is 1. The summed E-state index contributed by atoms with van der Waals surface area (Å²) in [7, 11) is -3.10. The Morgan fingerprint density at radius 3 is 2.84 bits per heavy atom. The van der Waals surface area contributed by atoms with E-state index in [1.807, 2.05) is 23.1 Å². The maximum atomic E-state index is 12.4. The Hall–Kier alpha value is -1.09. The van der Waals surface area contributed by atoms with E-state index in [2.05, 4.69) is 4.99 Å². The molecule has 3 saturated heterocycles. The Balaban J connectivity index is 1.71. The molecule has 0 bridgehead atoms. The van der Waals surface area contributed by atoms with Crippen molar-refractivity contribution in [1.82, 2.24) is 0 Å². The third-order valence-electron chi connectivity index (χ3n) is 4.59. The molecule has 3 aliphatic rings. The minimum Gasteiger partial charge on any atom is -0.368 e. The zero-order valence-corrected chi connectivity index (χ0v) is 15.7. The molecule has 1 aromatic rings. The summed E-state index contributed by atoms with van der Waals surface area (Å²) in [5.41, 5.74) is 0.681. The van der Waals surface area contributed by atoms with Crippen LogP contribution >= 0.6 is 23.4 Å². The molecule has 6 nitrogen and oxygen atoms in total. The van der Waals surface area contributed by atoms with Gasteiger partial charge in [0.05, 0.1) is 28.3 Å². The van der Waals surface area contributed by atoms with E-state index in [4.69, 9.17) is 16.3 Å². The second-order valence-corrected chi connectivity index (χ2v) is 10.1. The first-order valence-corrected chi connectivity index (χ1v) is 11.2. The number of carbonyl (C=O) groups is 1. The van der Waals surface area contributed by atoms with Crippen LogP contribution in [-0.4, -0.2) is 55.0 Å². The number of rotatable bonds is 2. The summed E-state index contributed by atoms with van der Waals surface area (Å²) in [6.07, 6.45) is 1.03. The lowest BCUT2D eigenvalue weighted by Gasteiger charge is -2.25. The molecule has 0 aliphatic carbocycles. The van der Waals surface area contributed by atoms with E-state index in [1.54, 1.807) is 6.07 Å². The average molecular weight is 401 g/mol. The Bertz CT molecular complexity index is 836. The highest BCUT2D eigenvalue weighted by atomic mass is 35.5. The van der Waals surface area contributed by atoms with Gasteiger partial charge in [-0.1, -0.05) is 35.5 Å². The van der Waals surface area contributed by atoms with E-state index in [0.29, 0.717) is 28.9 Å². The summed E-state index contributed by atoms with van der Waals surface area (Å²) in [6.45, 7) is 0.576. The lowest BCUT2D eigenvalue weighted by Crippen LogP contribution is -2.38. The fourth-order valence-corrected chi connectivity index (χ4v) is 7.57. The normalized spacial score (nSPS) is 32.3. The predicted octanol–water partition coefficient (Wildman–Crippen LogP) is 2.12. The van der Waals surface area contributed by atoms with Gasteiger partial charge >= 0.3 is 0 Å². The van der Waals surface area contributed by atoms with Gasteiger partial charge in [0.15, 0.2) is 15.0 Å². The van der Waals surface area contributed by atoms with Crippen molar-refractivity contribution in [2.75, 3.05) is 23.0 Å². The first kappa shape index (κ1) is 17.3. The molecule has 1 amide bonds. The molecule has 3 fully saturated rings. The lowest BCUT2D eigenvalue weighted by molar-refractivity contribution is -0.126. The van der Waals surface area contributed by atoms with Gasteiger partial charge in [-0.25, -0.2) is 8.42 Å². The van der Waals surface area contributed by atoms with E-state index in [1.165, 1.54) is 11.8 Å². The largest absolute Gasteiger partial charge is 0.368 e. The Morgan fingerprint density at radius 2 is 2.12 bits per heavy atom. The lowest BCUT2D eigenvalue weighted by atomic mass is 10.2. The van der Waals surface area contributed by atoms with Gasteiger partial charge in [0, 0.05) is 11.9 Å². The number of ether oxygens (including phenoxy) is 1. The van der Waals surface area contributed by atoms with Crippen molar-refractivity contribution >= 4 is 50.0 Å². The van der Waals surface area contributed by atoms with Crippen molar-refractivity contribution < 1.29 is 17.9 Å². The van der Waals surface area contributed by atoms with Crippen LogP contribution in [-0.2, 0) is 19.4 Å². The van der Waals surface area contributed by atoms with Crippen LogP contribution in [0.3, 0.4) is 0 Å². The van der Waals surface area contributed by atoms with E-state index in [9.17, 15) is 13.2 Å². The summed E-state index contributed by atoms with van der Waals surface area (Å²) in [5.74, 6) is -0.167. The number of hydrogen-bond acceptors (Lipinski definition) is 5. The van der Waals surface area contributed by atoms with E-state index < -0.39 is 15.9 Å². The van der Waals surface area contributed by atoms with Crippen LogP contribution in [0.4, 0.5) is 5.69 Å². The standard InChI is InChI=1S/C16H17ClN2O4S2/c17-10-4-1-2-5-11(10)19-12-8-25(21,22)9-14(12)24-16(19)18-15(20)13-6-3-7-23-13/h1-2,4-5,12-14H,3,6-9H2/t12-,13-,14-/m1/s1. The first-order valence-electron chi connectivity index (χ1n) is 8.09. The van der Waals surface area contributed by atoms with Gasteiger partial charge in [0.2, 0.25) is 0 Å². The average Bonchev–Trinajstić information content (AvgIpc) is 3.23. The maximum absolute atomic E-state index is 12.4. The topological polar surface area (TPSA) is 76.0 Å². The van der Waals surface area contributed by atoms with Gasteiger partial charge in [0.25, 0.3) is 5.91 Å². The molecule has 0 aromatic heterocycles. The number of halogens is 1. The zero-order valence-electron chi connectivity index (χ0n) is 13.3. The second kappa shape index (κ2) is 6.57. The molecule has 3 heterocycles. The monoisotopic (exact) mass is 400 g/mol. The number of hydrogen-bond donors (Lipinski definition) is 0. The Labute approximate surface area is 155 Å². The van der Waals surface area contributed by atoms with E-state index in [-0.39, 0.29) is 28.7 Å². The van der Waals surface area contributed by atoms with Crippen LogP contribution in [0.2, 0.25) is 5.02 Å². The van der Waals surface area contributed by atoms with Crippen molar-refractivity contribution in [3.05, 3.63) is 29.3 Å². The van der Waals surface area contributed by atoms with Gasteiger partial charge < -0.3 is 9.64 Å². The summed E-state index contributed by atoms with van der Waals surface area (Å²) >= 11 is 7.67. The van der Waals surface area contributed by atoms with Crippen LogP contribution < -0.4 is 4.90 Å². The Morgan fingerprint density at radius 1 is 1.32 bits per heavy atom. The van der Waals surface area contributed by atoms with Crippen molar-refractivity contribution in [2.45, 2.75) is 30.2 Å². The van der Waals surface area contributed by atoms with Crippen LogP contribution in [0.1, 0.15) is 12.8 Å².